The summed E-state index contributed by atoms with van der Waals surface area (Å²) in [4.78, 5) is 37.5. The Morgan fingerprint density at radius 1 is 1.14 bits per heavy atom. The summed E-state index contributed by atoms with van der Waals surface area (Å²) in [6.07, 6.45) is 2.82. The molecule has 0 aromatic heterocycles. The van der Waals surface area contributed by atoms with Crippen molar-refractivity contribution in [2.75, 3.05) is 11.9 Å². The third-order valence-corrected chi connectivity index (χ3v) is 6.40. The maximum Gasteiger partial charge on any atom is 0.307 e. The molecule has 2 aliphatic rings. The summed E-state index contributed by atoms with van der Waals surface area (Å²) in [5.41, 5.74) is 3.13. The molecule has 2 N–H and O–H groups in total. The number of fused-ring (bicyclic) bond motifs is 2. The topological polar surface area (TPSA) is 84.5 Å². The number of amides is 2. The zero-order valence-electron chi connectivity index (χ0n) is 15.9. The summed E-state index contributed by atoms with van der Waals surface area (Å²) in [6.45, 7) is -0.340. The van der Waals surface area contributed by atoms with E-state index in [1.165, 1.54) is 17.3 Å². The van der Waals surface area contributed by atoms with Gasteiger partial charge in [-0.3, -0.25) is 14.4 Å². The molecule has 0 bridgehead atoms. The Labute approximate surface area is 173 Å². The molecular weight excluding hydrogens is 388 g/mol. The highest BCUT2D eigenvalue weighted by molar-refractivity contribution is 8.01. The van der Waals surface area contributed by atoms with Gasteiger partial charge in [-0.1, -0.05) is 36.4 Å². The molecule has 7 heteroatoms. The predicted octanol–water partition coefficient (Wildman–Crippen LogP) is 3.23. The molecule has 2 aromatic rings. The van der Waals surface area contributed by atoms with Crippen molar-refractivity contribution in [3.63, 3.8) is 0 Å². The molecule has 6 nitrogen and oxygen atoms in total. The average Bonchev–Trinajstić information content (AvgIpc) is 2.73. The summed E-state index contributed by atoms with van der Waals surface area (Å²) >= 11 is 1.34. The number of hydrogen-bond acceptors (Lipinski definition) is 5. The van der Waals surface area contributed by atoms with Crippen LogP contribution in [0.2, 0.25) is 0 Å². The molecule has 1 aliphatic heterocycles. The number of para-hydroxylation sites is 1. The van der Waals surface area contributed by atoms with Gasteiger partial charge in [-0.05, 0) is 42.5 Å². The van der Waals surface area contributed by atoms with Gasteiger partial charge < -0.3 is 15.4 Å². The second kappa shape index (κ2) is 8.69. The van der Waals surface area contributed by atoms with E-state index in [1.54, 1.807) is 0 Å². The van der Waals surface area contributed by atoms with E-state index in [1.807, 2.05) is 42.5 Å². The van der Waals surface area contributed by atoms with Gasteiger partial charge in [0.25, 0.3) is 5.91 Å². The SMILES string of the molecule is O=C(COC(=O)C[C@H]1Sc2ccccc2NC1=O)N[C@H]1CCCc2ccccc21. The molecule has 29 heavy (non-hydrogen) atoms. The number of carbonyl (C=O) groups is 3. The largest absolute Gasteiger partial charge is 0.456 e. The number of carbonyl (C=O) groups excluding carboxylic acids is 3. The number of thioether (sulfide) groups is 1. The van der Waals surface area contributed by atoms with Crippen molar-refractivity contribution in [1.29, 1.82) is 0 Å². The van der Waals surface area contributed by atoms with Crippen molar-refractivity contribution in [2.45, 2.75) is 41.9 Å². The van der Waals surface area contributed by atoms with Crippen molar-refractivity contribution >= 4 is 35.2 Å². The first-order chi connectivity index (χ1) is 14.1. The molecule has 0 unspecified atom stereocenters. The fourth-order valence-electron chi connectivity index (χ4n) is 3.72. The van der Waals surface area contributed by atoms with Crippen LogP contribution in [0.3, 0.4) is 0 Å². The third kappa shape index (κ3) is 4.62. The van der Waals surface area contributed by atoms with Crippen molar-refractivity contribution < 1.29 is 19.1 Å². The van der Waals surface area contributed by atoms with E-state index in [9.17, 15) is 14.4 Å². The van der Waals surface area contributed by atoms with Crippen molar-refractivity contribution in [2.24, 2.45) is 0 Å². The van der Waals surface area contributed by atoms with Gasteiger partial charge in [-0.15, -0.1) is 11.8 Å². The standard InChI is InChI=1S/C22H22N2O4S/c25-20(23-16-10-5-7-14-6-1-2-8-15(14)16)13-28-21(26)12-19-22(27)24-17-9-3-4-11-18(17)29-19/h1-4,6,8-9,11,16,19H,5,7,10,12-13H2,(H,23,25)(H,24,27)/t16-,19+/m0/s1. The van der Waals surface area contributed by atoms with Crippen LogP contribution in [0.25, 0.3) is 0 Å². The van der Waals surface area contributed by atoms with Gasteiger partial charge in [0.2, 0.25) is 5.91 Å². The number of rotatable bonds is 5. The molecule has 2 amide bonds. The molecule has 2 aromatic carbocycles. The van der Waals surface area contributed by atoms with Crippen molar-refractivity contribution in [3.8, 4) is 0 Å². The van der Waals surface area contributed by atoms with Crippen LogP contribution in [0.4, 0.5) is 5.69 Å². The minimum atomic E-state index is -0.564. The van der Waals surface area contributed by atoms with Gasteiger partial charge in [-0.25, -0.2) is 0 Å². The molecule has 0 saturated heterocycles. The molecule has 4 rings (SSSR count). The van der Waals surface area contributed by atoms with Gasteiger partial charge in [0.15, 0.2) is 6.61 Å². The molecule has 1 aliphatic carbocycles. The van der Waals surface area contributed by atoms with E-state index in [4.69, 9.17) is 4.74 Å². The first-order valence-corrected chi connectivity index (χ1v) is 10.6. The summed E-state index contributed by atoms with van der Waals surface area (Å²) in [6, 6.07) is 15.5. The predicted molar refractivity (Wildman–Crippen MR) is 111 cm³/mol. The Balaban J connectivity index is 1.27. The lowest BCUT2D eigenvalue weighted by Gasteiger charge is -2.26. The fraction of sp³-hybridized carbons (Fsp3) is 0.318. The number of ether oxygens (including phenoxy) is 1. The second-order valence-corrected chi connectivity index (χ2v) is 8.41. The van der Waals surface area contributed by atoms with Crippen LogP contribution in [-0.4, -0.2) is 29.6 Å². The Morgan fingerprint density at radius 2 is 1.93 bits per heavy atom. The lowest BCUT2D eigenvalue weighted by atomic mass is 9.88. The zero-order valence-corrected chi connectivity index (χ0v) is 16.7. The third-order valence-electron chi connectivity index (χ3n) is 5.13. The Bertz CT molecular complexity index is 946. The number of esters is 1. The zero-order chi connectivity index (χ0) is 20.2. The van der Waals surface area contributed by atoms with Gasteiger partial charge in [0.05, 0.1) is 23.4 Å². The number of benzene rings is 2. The van der Waals surface area contributed by atoms with E-state index >= 15 is 0 Å². The molecular formula is C22H22N2O4S. The van der Waals surface area contributed by atoms with Crippen LogP contribution < -0.4 is 10.6 Å². The van der Waals surface area contributed by atoms with E-state index < -0.39 is 11.2 Å². The van der Waals surface area contributed by atoms with E-state index in [-0.39, 0.29) is 30.9 Å². The van der Waals surface area contributed by atoms with Crippen LogP contribution >= 0.6 is 11.8 Å². The minimum Gasteiger partial charge on any atom is -0.456 e. The maximum atomic E-state index is 12.3. The Kier molecular flexibility index (Phi) is 5.85. The van der Waals surface area contributed by atoms with Gasteiger partial charge in [0.1, 0.15) is 0 Å². The molecule has 2 atom stereocenters. The Morgan fingerprint density at radius 3 is 2.83 bits per heavy atom. The van der Waals surface area contributed by atoms with Crippen molar-refractivity contribution in [1.82, 2.24) is 5.32 Å². The highest BCUT2D eigenvalue weighted by atomic mass is 32.2. The van der Waals surface area contributed by atoms with Gasteiger partial charge in [0, 0.05) is 4.90 Å². The molecule has 0 radical (unpaired) electrons. The monoisotopic (exact) mass is 410 g/mol. The van der Waals surface area contributed by atoms with Crippen LogP contribution in [-0.2, 0) is 25.5 Å². The first-order valence-electron chi connectivity index (χ1n) is 9.69. The van der Waals surface area contributed by atoms with Crippen LogP contribution in [0.5, 0.6) is 0 Å². The quantitative estimate of drug-likeness (QED) is 0.740. The van der Waals surface area contributed by atoms with Crippen molar-refractivity contribution in [3.05, 3.63) is 59.7 Å². The molecule has 0 spiro atoms. The first kappa shape index (κ1) is 19.5. The van der Waals surface area contributed by atoms with Crippen LogP contribution in [0.15, 0.2) is 53.4 Å². The highest BCUT2D eigenvalue weighted by Gasteiger charge is 2.29. The molecule has 1 heterocycles. The Hall–Kier alpha value is -2.80. The van der Waals surface area contributed by atoms with E-state index in [0.717, 1.165) is 35.4 Å². The number of anilines is 1. The molecule has 150 valence electrons. The maximum absolute atomic E-state index is 12.3. The van der Waals surface area contributed by atoms with Gasteiger partial charge >= 0.3 is 5.97 Å². The smallest absolute Gasteiger partial charge is 0.307 e. The number of hydrogen-bond donors (Lipinski definition) is 2. The average molecular weight is 410 g/mol. The van der Waals surface area contributed by atoms with Crippen LogP contribution in [0, 0.1) is 0 Å². The molecule has 0 saturated carbocycles. The summed E-state index contributed by atoms with van der Waals surface area (Å²) in [5, 5.41) is 5.19. The minimum absolute atomic E-state index is 0.0534. The normalized spacial score (nSPS) is 20.1. The van der Waals surface area contributed by atoms with Gasteiger partial charge in [-0.2, -0.15) is 0 Å². The number of nitrogens with one attached hydrogen (secondary N) is 2. The lowest BCUT2D eigenvalue weighted by Crippen LogP contribution is -2.35. The summed E-state index contributed by atoms with van der Waals surface area (Å²) < 4.78 is 5.13. The summed E-state index contributed by atoms with van der Waals surface area (Å²) in [5.74, 6) is -1.11. The fourth-order valence-corrected chi connectivity index (χ4v) is 4.82. The van der Waals surface area contributed by atoms with Crippen LogP contribution in [0.1, 0.15) is 36.4 Å². The lowest BCUT2D eigenvalue weighted by molar-refractivity contribution is -0.149. The highest BCUT2D eigenvalue weighted by Crippen LogP contribution is 2.36. The molecule has 0 fully saturated rings. The number of aryl methyl sites for hydroxylation is 1. The van der Waals surface area contributed by atoms with E-state index in [0.29, 0.717) is 0 Å². The summed E-state index contributed by atoms with van der Waals surface area (Å²) in [7, 11) is 0. The second-order valence-electron chi connectivity index (χ2n) is 7.17. The van der Waals surface area contributed by atoms with E-state index in [2.05, 4.69) is 16.7 Å².